The molecule has 0 aromatic heterocycles. The number of carbonyl (C=O) groups excluding carboxylic acids is 1. The van der Waals surface area contributed by atoms with Crippen LogP contribution in [0.5, 0.6) is 0 Å². The van der Waals surface area contributed by atoms with Gasteiger partial charge in [0.2, 0.25) is 0 Å². The number of nitrogens with zero attached hydrogens (tertiary/aromatic N) is 1. The van der Waals surface area contributed by atoms with Crippen LogP contribution in [-0.4, -0.2) is 58.3 Å². The van der Waals surface area contributed by atoms with Gasteiger partial charge in [-0.05, 0) is 12.8 Å². The van der Waals surface area contributed by atoms with E-state index in [-0.39, 0.29) is 5.41 Å². The molecule has 0 amide bonds. The maximum Gasteiger partial charge on any atom is 0.127 e. The molecule has 0 aliphatic heterocycles. The van der Waals surface area contributed by atoms with Crippen molar-refractivity contribution in [1.29, 1.82) is 0 Å². The van der Waals surface area contributed by atoms with Crippen molar-refractivity contribution in [2.24, 2.45) is 5.41 Å². The molecule has 1 aliphatic carbocycles. The van der Waals surface area contributed by atoms with Gasteiger partial charge >= 0.3 is 0 Å². The van der Waals surface area contributed by atoms with E-state index in [4.69, 9.17) is 9.47 Å². The Morgan fingerprint density at radius 2 is 1.65 bits per heavy atom. The Morgan fingerprint density at radius 3 is 2.06 bits per heavy atom. The van der Waals surface area contributed by atoms with Gasteiger partial charge in [-0.3, -0.25) is 4.90 Å². The highest BCUT2D eigenvalue weighted by molar-refractivity contribution is 5.60. The van der Waals surface area contributed by atoms with Gasteiger partial charge in [-0.25, -0.2) is 0 Å². The Morgan fingerprint density at radius 1 is 1.12 bits per heavy atom. The van der Waals surface area contributed by atoms with E-state index in [1.807, 2.05) is 0 Å². The summed E-state index contributed by atoms with van der Waals surface area (Å²) in [6, 6.07) is 0. The fraction of sp³-hybridized carbons (Fsp3) is 0.923. The topological polar surface area (TPSA) is 38.8 Å². The minimum atomic E-state index is -0.110. The summed E-state index contributed by atoms with van der Waals surface area (Å²) in [6.07, 6.45) is 5.61. The highest BCUT2D eigenvalue weighted by Gasteiger charge is 2.35. The van der Waals surface area contributed by atoms with Crippen LogP contribution >= 0.6 is 0 Å². The fourth-order valence-corrected chi connectivity index (χ4v) is 2.55. The van der Waals surface area contributed by atoms with Crippen LogP contribution in [0.25, 0.3) is 0 Å². The predicted octanol–water partition coefficient (Wildman–Crippen LogP) is 1.34. The molecule has 1 fully saturated rings. The zero-order valence-corrected chi connectivity index (χ0v) is 11.1. The quantitative estimate of drug-likeness (QED) is 0.573. The van der Waals surface area contributed by atoms with Gasteiger partial charge in [0.1, 0.15) is 6.29 Å². The van der Waals surface area contributed by atoms with E-state index in [1.165, 1.54) is 19.1 Å². The molecular formula is C13H25NO3. The number of methoxy groups -OCH3 is 2. The Hall–Kier alpha value is -0.450. The number of hydrogen-bond donors (Lipinski definition) is 0. The van der Waals surface area contributed by atoms with E-state index in [9.17, 15) is 4.79 Å². The number of hydrogen-bond acceptors (Lipinski definition) is 4. The van der Waals surface area contributed by atoms with Crippen LogP contribution in [0.4, 0.5) is 0 Å². The van der Waals surface area contributed by atoms with Crippen LogP contribution in [0, 0.1) is 5.41 Å². The third-order valence-electron chi connectivity index (χ3n) is 3.61. The largest absolute Gasteiger partial charge is 0.383 e. The third kappa shape index (κ3) is 4.74. The first-order valence-corrected chi connectivity index (χ1v) is 6.43. The summed E-state index contributed by atoms with van der Waals surface area (Å²) in [5.74, 6) is 0. The summed E-state index contributed by atoms with van der Waals surface area (Å²) in [5.41, 5.74) is -0.110. The Bertz CT molecular complexity index is 207. The van der Waals surface area contributed by atoms with Crippen molar-refractivity contribution in [1.82, 2.24) is 4.90 Å². The number of aldehydes is 1. The molecular weight excluding hydrogens is 218 g/mol. The third-order valence-corrected chi connectivity index (χ3v) is 3.61. The van der Waals surface area contributed by atoms with E-state index in [0.29, 0.717) is 13.2 Å². The second kappa shape index (κ2) is 7.80. The second-order valence-corrected chi connectivity index (χ2v) is 4.95. The zero-order valence-electron chi connectivity index (χ0n) is 11.1. The van der Waals surface area contributed by atoms with Crippen LogP contribution in [0.1, 0.15) is 25.7 Å². The monoisotopic (exact) mass is 243 g/mol. The van der Waals surface area contributed by atoms with Gasteiger partial charge in [-0.2, -0.15) is 0 Å². The van der Waals surface area contributed by atoms with E-state index in [2.05, 4.69) is 4.90 Å². The molecule has 0 unspecified atom stereocenters. The average molecular weight is 243 g/mol. The van der Waals surface area contributed by atoms with Crippen LogP contribution < -0.4 is 0 Å². The molecule has 1 saturated carbocycles. The van der Waals surface area contributed by atoms with Crippen molar-refractivity contribution in [3.05, 3.63) is 0 Å². The highest BCUT2D eigenvalue weighted by Crippen LogP contribution is 2.36. The summed E-state index contributed by atoms with van der Waals surface area (Å²) < 4.78 is 10.2. The van der Waals surface area contributed by atoms with Crippen molar-refractivity contribution in [2.75, 3.05) is 47.1 Å². The molecule has 0 aromatic rings. The van der Waals surface area contributed by atoms with Gasteiger partial charge in [0.05, 0.1) is 13.2 Å². The van der Waals surface area contributed by atoms with Crippen LogP contribution in [-0.2, 0) is 14.3 Å². The molecule has 0 heterocycles. The minimum absolute atomic E-state index is 0.110. The van der Waals surface area contributed by atoms with Crippen molar-refractivity contribution in [3.8, 4) is 0 Å². The smallest absolute Gasteiger partial charge is 0.127 e. The SMILES string of the molecule is COCCN(CCOC)CC1(C=O)CCCC1. The maximum absolute atomic E-state index is 11.3. The van der Waals surface area contributed by atoms with Gasteiger partial charge in [-0.1, -0.05) is 12.8 Å². The molecule has 0 bridgehead atoms. The van der Waals surface area contributed by atoms with Crippen LogP contribution in [0.2, 0.25) is 0 Å². The molecule has 4 heteroatoms. The first kappa shape index (κ1) is 14.6. The van der Waals surface area contributed by atoms with E-state index in [1.54, 1.807) is 14.2 Å². The molecule has 100 valence electrons. The predicted molar refractivity (Wildman–Crippen MR) is 67.2 cm³/mol. The van der Waals surface area contributed by atoms with Crippen LogP contribution in [0.3, 0.4) is 0 Å². The summed E-state index contributed by atoms with van der Waals surface area (Å²) in [6.45, 7) is 4.01. The Kier molecular flexibility index (Phi) is 6.70. The highest BCUT2D eigenvalue weighted by atomic mass is 16.5. The molecule has 17 heavy (non-hydrogen) atoms. The van der Waals surface area contributed by atoms with Crippen molar-refractivity contribution >= 4 is 6.29 Å². The Labute approximate surface area is 104 Å². The van der Waals surface area contributed by atoms with Gasteiger partial charge in [0, 0.05) is 39.3 Å². The average Bonchev–Trinajstić information content (AvgIpc) is 2.82. The number of rotatable bonds is 9. The van der Waals surface area contributed by atoms with Gasteiger partial charge in [0.25, 0.3) is 0 Å². The molecule has 0 atom stereocenters. The summed E-state index contributed by atoms with van der Waals surface area (Å²) in [4.78, 5) is 13.6. The first-order valence-electron chi connectivity index (χ1n) is 6.43. The summed E-state index contributed by atoms with van der Waals surface area (Å²) in [7, 11) is 3.42. The van der Waals surface area contributed by atoms with Gasteiger partial charge in [0.15, 0.2) is 0 Å². The lowest BCUT2D eigenvalue weighted by Crippen LogP contribution is -2.40. The lowest BCUT2D eigenvalue weighted by molar-refractivity contribution is -0.117. The van der Waals surface area contributed by atoms with E-state index < -0.39 is 0 Å². The molecule has 0 aromatic carbocycles. The number of ether oxygens (including phenoxy) is 2. The van der Waals surface area contributed by atoms with E-state index >= 15 is 0 Å². The molecule has 1 rings (SSSR count). The normalized spacial score (nSPS) is 18.8. The summed E-state index contributed by atoms with van der Waals surface area (Å²) in [5, 5.41) is 0. The van der Waals surface area contributed by atoms with Crippen molar-refractivity contribution < 1.29 is 14.3 Å². The molecule has 1 aliphatic rings. The second-order valence-electron chi connectivity index (χ2n) is 4.95. The zero-order chi connectivity index (χ0) is 12.6. The molecule has 4 nitrogen and oxygen atoms in total. The fourth-order valence-electron chi connectivity index (χ4n) is 2.55. The van der Waals surface area contributed by atoms with Gasteiger partial charge in [-0.15, -0.1) is 0 Å². The molecule has 0 saturated heterocycles. The molecule has 0 radical (unpaired) electrons. The number of carbonyl (C=O) groups is 1. The lowest BCUT2D eigenvalue weighted by atomic mass is 9.87. The maximum atomic E-state index is 11.3. The first-order chi connectivity index (χ1) is 8.26. The van der Waals surface area contributed by atoms with E-state index in [0.717, 1.165) is 32.5 Å². The van der Waals surface area contributed by atoms with Crippen molar-refractivity contribution in [3.63, 3.8) is 0 Å². The Balaban J connectivity index is 2.47. The minimum Gasteiger partial charge on any atom is -0.383 e. The molecule has 0 spiro atoms. The van der Waals surface area contributed by atoms with Crippen molar-refractivity contribution in [2.45, 2.75) is 25.7 Å². The van der Waals surface area contributed by atoms with Crippen LogP contribution in [0.15, 0.2) is 0 Å². The lowest BCUT2D eigenvalue weighted by Gasteiger charge is -2.31. The molecule has 0 N–H and O–H groups in total. The summed E-state index contributed by atoms with van der Waals surface area (Å²) >= 11 is 0. The van der Waals surface area contributed by atoms with Gasteiger partial charge < -0.3 is 14.3 Å². The standard InChI is InChI=1S/C13H25NO3/c1-16-9-7-14(8-10-17-2)11-13(12-15)5-3-4-6-13/h12H,3-11H2,1-2H3.